The van der Waals surface area contributed by atoms with Crippen molar-refractivity contribution in [2.24, 2.45) is 0 Å². The molecule has 3 rings (SSSR count). The summed E-state index contributed by atoms with van der Waals surface area (Å²) in [4.78, 5) is 12.4. The molecule has 7 heteroatoms. The maximum Gasteiger partial charge on any atom is 0.272 e. The van der Waals surface area contributed by atoms with Crippen LogP contribution >= 0.6 is 11.6 Å². The van der Waals surface area contributed by atoms with Crippen LogP contribution < -0.4 is 11.3 Å². The number of rotatable bonds is 2. The van der Waals surface area contributed by atoms with Gasteiger partial charge in [0.25, 0.3) is 15.6 Å². The number of hydrogen-bond donors (Lipinski definition) is 1. The Kier molecular flexibility index (Phi) is 3.66. The Morgan fingerprint density at radius 1 is 1.09 bits per heavy atom. The molecule has 1 aromatic heterocycles. The van der Waals surface area contributed by atoms with Gasteiger partial charge in [-0.05, 0) is 42.6 Å². The number of nitrogens with zero attached hydrogens (tertiary/aromatic N) is 1. The minimum atomic E-state index is -4.15. The Morgan fingerprint density at radius 2 is 1.78 bits per heavy atom. The average Bonchev–Trinajstić information content (AvgIpc) is 2.49. The third kappa shape index (κ3) is 2.50. The summed E-state index contributed by atoms with van der Waals surface area (Å²) in [7, 11) is -4.15. The van der Waals surface area contributed by atoms with Gasteiger partial charge in [-0.2, -0.15) is 3.97 Å². The van der Waals surface area contributed by atoms with Crippen LogP contribution in [0.15, 0.2) is 58.2 Å². The molecule has 0 saturated carbocycles. The summed E-state index contributed by atoms with van der Waals surface area (Å²) in [5, 5.41) is 0.657. The van der Waals surface area contributed by atoms with Crippen LogP contribution in [0.5, 0.6) is 0 Å². The van der Waals surface area contributed by atoms with Crippen LogP contribution in [0.2, 0.25) is 5.02 Å². The van der Waals surface area contributed by atoms with E-state index in [1.54, 1.807) is 37.3 Å². The summed E-state index contributed by atoms with van der Waals surface area (Å²) in [5.74, 6) is 0. The molecular weight excluding hydrogens is 336 g/mol. The highest BCUT2D eigenvalue weighted by atomic mass is 35.5. The van der Waals surface area contributed by atoms with Gasteiger partial charge in [-0.15, -0.1) is 0 Å². The van der Waals surface area contributed by atoms with Crippen LogP contribution in [-0.2, 0) is 10.0 Å². The summed E-state index contributed by atoms with van der Waals surface area (Å²) in [6, 6.07) is 12.4. The van der Waals surface area contributed by atoms with Crippen molar-refractivity contribution >= 4 is 38.2 Å². The molecule has 0 fully saturated rings. The quantitative estimate of drug-likeness (QED) is 0.722. The Morgan fingerprint density at radius 3 is 2.48 bits per heavy atom. The lowest BCUT2D eigenvalue weighted by atomic mass is 10.1. The second-order valence-electron chi connectivity index (χ2n) is 5.15. The summed E-state index contributed by atoms with van der Waals surface area (Å²) in [5.41, 5.74) is 6.04. The molecule has 0 saturated heterocycles. The monoisotopic (exact) mass is 348 g/mol. The zero-order chi connectivity index (χ0) is 16.8. The predicted octanol–water partition coefficient (Wildman–Crippen LogP) is 2.78. The van der Waals surface area contributed by atoms with Gasteiger partial charge in [0.05, 0.1) is 10.5 Å². The van der Waals surface area contributed by atoms with Gasteiger partial charge in [0, 0.05) is 11.3 Å². The van der Waals surface area contributed by atoms with E-state index >= 15 is 0 Å². The zero-order valence-corrected chi connectivity index (χ0v) is 13.7. The van der Waals surface area contributed by atoms with Crippen molar-refractivity contribution in [3.05, 3.63) is 69.5 Å². The van der Waals surface area contributed by atoms with Gasteiger partial charge in [-0.25, -0.2) is 8.42 Å². The van der Waals surface area contributed by atoms with E-state index in [1.165, 1.54) is 18.2 Å². The Labute approximate surface area is 138 Å². The number of nitrogens with two attached hydrogens (primary N) is 1. The highest BCUT2D eigenvalue weighted by Crippen LogP contribution is 2.26. The summed E-state index contributed by atoms with van der Waals surface area (Å²) in [6.07, 6.45) is 0. The minimum Gasteiger partial charge on any atom is -0.399 e. The average molecular weight is 349 g/mol. The predicted molar refractivity (Wildman–Crippen MR) is 91.4 cm³/mol. The topological polar surface area (TPSA) is 82.2 Å². The van der Waals surface area contributed by atoms with Gasteiger partial charge in [0.15, 0.2) is 0 Å². The van der Waals surface area contributed by atoms with Crippen molar-refractivity contribution in [2.75, 3.05) is 5.73 Å². The standard InChI is InChI=1S/C16H13ClN2O3S/c1-10-8-11-6-7-12(18)9-14(11)19(16(10)20)23(21,22)15-5-3-2-4-13(15)17/h2-9H,18H2,1H3. The Bertz CT molecular complexity index is 1090. The molecule has 0 aliphatic rings. The molecule has 1 heterocycles. The molecule has 5 nitrogen and oxygen atoms in total. The number of nitrogen functional groups attached to an aromatic ring is 1. The van der Waals surface area contributed by atoms with Gasteiger partial charge in [-0.1, -0.05) is 29.8 Å². The van der Waals surface area contributed by atoms with E-state index in [9.17, 15) is 13.2 Å². The number of hydrogen-bond acceptors (Lipinski definition) is 4. The highest BCUT2D eigenvalue weighted by molar-refractivity contribution is 7.90. The molecule has 0 aliphatic carbocycles. The smallest absolute Gasteiger partial charge is 0.272 e. The Balaban J connectivity index is 2.49. The van der Waals surface area contributed by atoms with Gasteiger partial charge in [0.1, 0.15) is 4.90 Å². The van der Waals surface area contributed by atoms with Crippen molar-refractivity contribution in [1.82, 2.24) is 3.97 Å². The van der Waals surface area contributed by atoms with Gasteiger partial charge < -0.3 is 5.73 Å². The maximum absolute atomic E-state index is 13.0. The number of anilines is 1. The molecule has 0 amide bonds. The van der Waals surface area contributed by atoms with Crippen molar-refractivity contribution in [2.45, 2.75) is 11.8 Å². The van der Waals surface area contributed by atoms with Gasteiger partial charge >= 0.3 is 0 Å². The first-order chi connectivity index (χ1) is 10.8. The van der Waals surface area contributed by atoms with E-state index in [2.05, 4.69) is 0 Å². The number of benzene rings is 2. The lowest BCUT2D eigenvalue weighted by Crippen LogP contribution is -2.29. The lowest BCUT2D eigenvalue weighted by Gasteiger charge is -2.13. The fraction of sp³-hybridized carbons (Fsp3) is 0.0625. The number of aromatic nitrogens is 1. The second kappa shape index (κ2) is 5.40. The number of fused-ring (bicyclic) bond motifs is 1. The fourth-order valence-corrected chi connectivity index (χ4v) is 4.38. The van der Waals surface area contributed by atoms with E-state index < -0.39 is 15.6 Å². The van der Waals surface area contributed by atoms with Crippen molar-refractivity contribution in [3.8, 4) is 0 Å². The van der Waals surface area contributed by atoms with E-state index in [0.717, 1.165) is 3.97 Å². The third-order valence-corrected chi connectivity index (χ3v) is 5.72. The van der Waals surface area contributed by atoms with Gasteiger partial charge in [-0.3, -0.25) is 4.79 Å². The summed E-state index contributed by atoms with van der Waals surface area (Å²) >= 11 is 6.01. The van der Waals surface area contributed by atoms with Crippen LogP contribution in [0.1, 0.15) is 5.56 Å². The molecular formula is C16H13ClN2O3S. The van der Waals surface area contributed by atoms with Crippen LogP contribution in [-0.4, -0.2) is 12.4 Å². The molecule has 0 aliphatic heterocycles. The molecule has 3 aromatic rings. The van der Waals surface area contributed by atoms with Crippen LogP contribution in [0, 0.1) is 6.92 Å². The molecule has 0 atom stereocenters. The maximum atomic E-state index is 13.0. The highest BCUT2D eigenvalue weighted by Gasteiger charge is 2.24. The summed E-state index contributed by atoms with van der Waals surface area (Å²) < 4.78 is 26.7. The van der Waals surface area contributed by atoms with Crippen LogP contribution in [0.3, 0.4) is 0 Å². The van der Waals surface area contributed by atoms with E-state index in [-0.39, 0.29) is 15.4 Å². The fourth-order valence-electron chi connectivity index (χ4n) is 2.41. The number of pyridine rings is 1. The first kappa shape index (κ1) is 15.6. The normalized spacial score (nSPS) is 11.7. The van der Waals surface area contributed by atoms with Crippen molar-refractivity contribution < 1.29 is 8.42 Å². The van der Waals surface area contributed by atoms with Crippen LogP contribution in [0.25, 0.3) is 10.9 Å². The van der Waals surface area contributed by atoms with E-state index in [0.29, 0.717) is 16.6 Å². The molecule has 118 valence electrons. The first-order valence-electron chi connectivity index (χ1n) is 6.74. The molecule has 0 bridgehead atoms. The molecule has 0 radical (unpaired) electrons. The summed E-state index contributed by atoms with van der Waals surface area (Å²) in [6.45, 7) is 1.57. The zero-order valence-electron chi connectivity index (χ0n) is 12.2. The van der Waals surface area contributed by atoms with Gasteiger partial charge in [0.2, 0.25) is 0 Å². The SMILES string of the molecule is Cc1cc2ccc(N)cc2n(S(=O)(=O)c2ccccc2Cl)c1=O. The molecule has 2 N–H and O–H groups in total. The molecule has 23 heavy (non-hydrogen) atoms. The lowest BCUT2D eigenvalue weighted by molar-refractivity contribution is 0.587. The second-order valence-corrected chi connectivity index (χ2v) is 7.31. The minimum absolute atomic E-state index is 0.0537. The van der Waals surface area contributed by atoms with Crippen molar-refractivity contribution in [3.63, 3.8) is 0 Å². The molecule has 0 spiro atoms. The van der Waals surface area contributed by atoms with E-state index in [1.807, 2.05) is 0 Å². The van der Waals surface area contributed by atoms with Crippen molar-refractivity contribution in [1.29, 1.82) is 0 Å². The molecule has 2 aromatic carbocycles. The van der Waals surface area contributed by atoms with Crippen LogP contribution in [0.4, 0.5) is 5.69 Å². The largest absolute Gasteiger partial charge is 0.399 e. The van der Waals surface area contributed by atoms with E-state index in [4.69, 9.17) is 17.3 Å². The first-order valence-corrected chi connectivity index (χ1v) is 8.56. The molecule has 0 unspecified atom stereocenters. The third-order valence-electron chi connectivity index (χ3n) is 3.52. The Hall–Kier alpha value is -2.31. The number of halogens is 1. The number of aryl methyl sites for hydroxylation is 1.